The predicted octanol–water partition coefficient (Wildman–Crippen LogP) is 1.90. The molecule has 3 rings (SSSR count). The number of hydrogen-bond acceptors (Lipinski definition) is 5. The largest absolute Gasteiger partial charge is 0.416 e. The van der Waals surface area contributed by atoms with E-state index in [9.17, 15) is 13.2 Å². The van der Waals surface area contributed by atoms with Crippen LogP contribution in [0.2, 0.25) is 0 Å². The van der Waals surface area contributed by atoms with Gasteiger partial charge in [0.15, 0.2) is 11.8 Å². The number of rotatable bonds is 1. The molecule has 0 bridgehead atoms. The van der Waals surface area contributed by atoms with Crippen molar-refractivity contribution in [3.63, 3.8) is 0 Å². The second-order valence-electron chi connectivity index (χ2n) is 5.62. The van der Waals surface area contributed by atoms with Crippen LogP contribution in [-0.2, 0) is 4.74 Å². The van der Waals surface area contributed by atoms with Gasteiger partial charge < -0.3 is 9.64 Å². The lowest BCUT2D eigenvalue weighted by molar-refractivity contribution is -0.251. The highest BCUT2D eigenvalue weighted by atomic mass is 19.4. The fraction of sp³-hybridized carbons (Fsp3) is 0.583. The molecule has 1 unspecified atom stereocenters. The molecular formula is C12H14F3N5O. The van der Waals surface area contributed by atoms with E-state index in [1.54, 1.807) is 18.7 Å². The van der Waals surface area contributed by atoms with E-state index in [-0.39, 0.29) is 6.54 Å². The van der Waals surface area contributed by atoms with Gasteiger partial charge >= 0.3 is 6.18 Å². The Morgan fingerprint density at radius 1 is 1.38 bits per heavy atom. The number of nitrogens with zero attached hydrogens (tertiary/aromatic N) is 4. The van der Waals surface area contributed by atoms with Gasteiger partial charge in [-0.05, 0) is 13.8 Å². The van der Waals surface area contributed by atoms with Gasteiger partial charge in [0.1, 0.15) is 12.1 Å². The summed E-state index contributed by atoms with van der Waals surface area (Å²) in [6.07, 6.45) is -3.45. The van der Waals surface area contributed by atoms with Gasteiger partial charge in [-0.3, -0.25) is 5.10 Å². The van der Waals surface area contributed by atoms with Crippen molar-refractivity contribution in [3.8, 4) is 0 Å². The number of halogens is 3. The van der Waals surface area contributed by atoms with Crippen molar-refractivity contribution in [2.24, 2.45) is 0 Å². The lowest BCUT2D eigenvalue weighted by Crippen LogP contribution is -2.57. The Morgan fingerprint density at radius 3 is 2.86 bits per heavy atom. The molecule has 1 atom stereocenters. The summed E-state index contributed by atoms with van der Waals surface area (Å²) in [5, 5.41) is 7.13. The van der Waals surface area contributed by atoms with E-state index in [1.807, 2.05) is 0 Å². The summed E-state index contributed by atoms with van der Waals surface area (Å²) in [6, 6.07) is 0. The fourth-order valence-electron chi connectivity index (χ4n) is 2.52. The predicted molar refractivity (Wildman–Crippen MR) is 68.9 cm³/mol. The van der Waals surface area contributed by atoms with Crippen molar-refractivity contribution >= 4 is 16.9 Å². The standard InChI is InChI=1S/C12H14F3N5O/c1-11(2)5-20(4-8(21-11)12(13,14)15)10-7-3-18-19-9(7)16-6-17-10/h3,6,8H,4-5H2,1-2H3,(H,16,17,18,19). The minimum atomic E-state index is -4.42. The van der Waals surface area contributed by atoms with E-state index in [4.69, 9.17) is 4.74 Å². The molecule has 1 fully saturated rings. The maximum Gasteiger partial charge on any atom is 0.416 e. The van der Waals surface area contributed by atoms with Crippen molar-refractivity contribution in [1.82, 2.24) is 20.2 Å². The van der Waals surface area contributed by atoms with Gasteiger partial charge in [-0.15, -0.1) is 0 Å². The van der Waals surface area contributed by atoms with Crippen LogP contribution in [0.3, 0.4) is 0 Å². The third-order valence-corrected chi connectivity index (χ3v) is 3.31. The van der Waals surface area contributed by atoms with Gasteiger partial charge in [-0.1, -0.05) is 0 Å². The van der Waals surface area contributed by atoms with E-state index in [0.29, 0.717) is 23.4 Å². The molecule has 0 amide bonds. The van der Waals surface area contributed by atoms with E-state index >= 15 is 0 Å². The van der Waals surface area contributed by atoms with E-state index in [1.165, 1.54) is 12.5 Å². The summed E-state index contributed by atoms with van der Waals surface area (Å²) in [5.74, 6) is 0.430. The number of anilines is 1. The molecule has 0 spiro atoms. The van der Waals surface area contributed by atoms with Crippen LogP contribution >= 0.6 is 0 Å². The first-order valence-corrected chi connectivity index (χ1v) is 6.40. The minimum absolute atomic E-state index is 0.301. The zero-order valence-electron chi connectivity index (χ0n) is 11.5. The fourth-order valence-corrected chi connectivity index (χ4v) is 2.52. The number of aromatic nitrogens is 4. The second kappa shape index (κ2) is 4.55. The highest BCUT2D eigenvalue weighted by Gasteiger charge is 2.48. The van der Waals surface area contributed by atoms with Gasteiger partial charge in [0, 0.05) is 6.54 Å². The van der Waals surface area contributed by atoms with Gasteiger partial charge in [0.2, 0.25) is 0 Å². The molecule has 0 saturated carbocycles. The Morgan fingerprint density at radius 2 is 2.14 bits per heavy atom. The van der Waals surface area contributed by atoms with Gasteiger partial charge in [0.25, 0.3) is 0 Å². The number of fused-ring (bicyclic) bond motifs is 1. The van der Waals surface area contributed by atoms with Crippen LogP contribution < -0.4 is 4.90 Å². The zero-order chi connectivity index (χ0) is 15.3. The Balaban J connectivity index is 1.99. The molecule has 6 nitrogen and oxygen atoms in total. The number of alkyl halides is 3. The van der Waals surface area contributed by atoms with Crippen LogP contribution in [-0.4, -0.2) is 51.1 Å². The van der Waals surface area contributed by atoms with Crippen molar-refractivity contribution in [2.75, 3.05) is 18.0 Å². The van der Waals surface area contributed by atoms with E-state index in [2.05, 4.69) is 20.2 Å². The molecule has 1 N–H and O–H groups in total. The number of nitrogens with one attached hydrogen (secondary N) is 1. The summed E-state index contributed by atoms with van der Waals surface area (Å²) in [5.41, 5.74) is -0.438. The molecule has 21 heavy (non-hydrogen) atoms. The summed E-state index contributed by atoms with van der Waals surface area (Å²) >= 11 is 0. The maximum atomic E-state index is 13.0. The van der Waals surface area contributed by atoms with Crippen LogP contribution in [0.1, 0.15) is 13.8 Å². The van der Waals surface area contributed by atoms with Crippen LogP contribution in [0.25, 0.3) is 11.0 Å². The summed E-state index contributed by atoms with van der Waals surface area (Å²) in [6.45, 7) is 3.26. The monoisotopic (exact) mass is 301 g/mol. The smallest absolute Gasteiger partial charge is 0.359 e. The second-order valence-corrected chi connectivity index (χ2v) is 5.62. The average molecular weight is 301 g/mol. The van der Waals surface area contributed by atoms with E-state index in [0.717, 1.165) is 0 Å². The molecule has 2 aromatic rings. The van der Waals surface area contributed by atoms with Gasteiger partial charge in [0.05, 0.1) is 23.7 Å². The van der Waals surface area contributed by atoms with Crippen molar-refractivity contribution in [3.05, 3.63) is 12.5 Å². The van der Waals surface area contributed by atoms with Gasteiger partial charge in [-0.25, -0.2) is 9.97 Å². The molecule has 3 heterocycles. The topological polar surface area (TPSA) is 66.9 Å². The SMILES string of the molecule is CC1(C)CN(c2ncnc3[nH]ncc23)CC(C(F)(F)F)O1. The molecule has 9 heteroatoms. The van der Waals surface area contributed by atoms with Crippen LogP contribution in [0.5, 0.6) is 0 Å². The molecule has 0 aromatic carbocycles. The van der Waals surface area contributed by atoms with Gasteiger partial charge in [-0.2, -0.15) is 18.3 Å². The molecular weight excluding hydrogens is 287 g/mol. The quantitative estimate of drug-likeness (QED) is 0.871. The first-order valence-electron chi connectivity index (χ1n) is 6.40. The Bertz CT molecular complexity index is 654. The number of hydrogen-bond donors (Lipinski definition) is 1. The first-order chi connectivity index (χ1) is 9.76. The number of ether oxygens (including phenoxy) is 1. The van der Waals surface area contributed by atoms with E-state index < -0.39 is 17.9 Å². The number of aromatic amines is 1. The first kappa shape index (κ1) is 14.1. The van der Waals surface area contributed by atoms with Crippen LogP contribution in [0.15, 0.2) is 12.5 Å². The minimum Gasteiger partial charge on any atom is -0.359 e. The molecule has 0 radical (unpaired) electrons. The molecule has 0 aliphatic carbocycles. The van der Waals surface area contributed by atoms with Crippen LogP contribution in [0, 0.1) is 0 Å². The normalized spacial score (nSPS) is 22.7. The van der Waals surface area contributed by atoms with Crippen molar-refractivity contribution < 1.29 is 17.9 Å². The third kappa shape index (κ3) is 2.65. The molecule has 1 saturated heterocycles. The molecule has 2 aromatic heterocycles. The van der Waals surface area contributed by atoms with Crippen molar-refractivity contribution in [2.45, 2.75) is 31.7 Å². The number of morpholine rings is 1. The van der Waals surface area contributed by atoms with Crippen molar-refractivity contribution in [1.29, 1.82) is 0 Å². The lowest BCUT2D eigenvalue weighted by atomic mass is 10.0. The molecule has 114 valence electrons. The zero-order valence-corrected chi connectivity index (χ0v) is 11.5. The summed E-state index contributed by atoms with van der Waals surface area (Å²) < 4.78 is 44.2. The Hall–Kier alpha value is -1.90. The lowest BCUT2D eigenvalue weighted by Gasteiger charge is -2.43. The molecule has 1 aliphatic rings. The Labute approximate surface area is 118 Å². The average Bonchev–Trinajstić information content (AvgIpc) is 2.83. The summed E-state index contributed by atoms with van der Waals surface area (Å²) in [4.78, 5) is 9.68. The summed E-state index contributed by atoms with van der Waals surface area (Å²) in [7, 11) is 0. The third-order valence-electron chi connectivity index (χ3n) is 3.31. The Kier molecular flexibility index (Phi) is 3.05. The number of H-pyrrole nitrogens is 1. The maximum absolute atomic E-state index is 13.0. The highest BCUT2D eigenvalue weighted by Crippen LogP contribution is 2.34. The molecule has 1 aliphatic heterocycles. The van der Waals surface area contributed by atoms with Crippen LogP contribution in [0.4, 0.5) is 19.0 Å². The highest BCUT2D eigenvalue weighted by molar-refractivity contribution is 5.86.